The Bertz CT molecular complexity index is 144. The maximum atomic E-state index is 5.49. The summed E-state index contributed by atoms with van der Waals surface area (Å²) in [5, 5.41) is 0. The summed E-state index contributed by atoms with van der Waals surface area (Å²) in [6.45, 7) is 3.17. The van der Waals surface area contributed by atoms with Crippen molar-refractivity contribution in [1.82, 2.24) is 0 Å². The van der Waals surface area contributed by atoms with Crippen LogP contribution in [0.15, 0.2) is 0 Å². The highest BCUT2D eigenvalue weighted by Crippen LogP contribution is 2.13. The van der Waals surface area contributed by atoms with Gasteiger partial charge in [-0.2, -0.15) is 0 Å². The molecule has 21 heavy (non-hydrogen) atoms. The Kier molecular flexibility index (Phi) is 24.5. The zero-order valence-electron chi connectivity index (χ0n) is 14.7. The molecule has 130 valence electrons. The SMILES string of the molecule is CCCCCCCCCCCCCCCCCCCN.F. The molecule has 2 heteroatoms. The molecule has 0 rings (SSSR count). The highest BCUT2D eigenvalue weighted by atomic mass is 19.0. The van der Waals surface area contributed by atoms with E-state index >= 15 is 0 Å². The number of hydrogen-bond donors (Lipinski definition) is 1. The number of halogens is 1. The maximum absolute atomic E-state index is 5.49. The molecule has 0 atom stereocenters. The smallest absolute Gasteiger partial charge is 0.00773 e. The van der Waals surface area contributed by atoms with Gasteiger partial charge in [0.1, 0.15) is 0 Å². The quantitative estimate of drug-likeness (QED) is 0.295. The number of nitrogens with two attached hydrogens (primary N) is 1. The third kappa shape index (κ3) is 22.3. The Labute approximate surface area is 133 Å². The van der Waals surface area contributed by atoms with Gasteiger partial charge in [0, 0.05) is 0 Å². The van der Waals surface area contributed by atoms with Gasteiger partial charge in [-0.05, 0) is 13.0 Å². The zero-order valence-corrected chi connectivity index (χ0v) is 14.7. The van der Waals surface area contributed by atoms with Crippen molar-refractivity contribution in [2.45, 2.75) is 116 Å². The van der Waals surface area contributed by atoms with Crippen molar-refractivity contribution >= 4 is 0 Å². The average molecular weight is 304 g/mol. The third-order valence-electron chi connectivity index (χ3n) is 4.31. The van der Waals surface area contributed by atoms with Crippen molar-refractivity contribution in [2.75, 3.05) is 6.54 Å². The molecule has 0 amide bonds. The molecule has 1 nitrogen and oxygen atoms in total. The average Bonchev–Trinajstić information content (AvgIpc) is 2.47. The summed E-state index contributed by atoms with van der Waals surface area (Å²) in [4.78, 5) is 0. The molecule has 0 radical (unpaired) electrons. The fourth-order valence-electron chi connectivity index (χ4n) is 2.87. The minimum atomic E-state index is 0. The molecule has 0 bridgehead atoms. The van der Waals surface area contributed by atoms with E-state index in [0.717, 1.165) is 6.54 Å². The number of unbranched alkanes of at least 4 members (excludes halogenated alkanes) is 16. The lowest BCUT2D eigenvalue weighted by molar-refractivity contribution is 0.527. The van der Waals surface area contributed by atoms with E-state index in [-0.39, 0.29) is 4.70 Å². The molecule has 0 heterocycles. The fourth-order valence-corrected chi connectivity index (χ4v) is 2.87. The van der Waals surface area contributed by atoms with Crippen molar-refractivity contribution in [3.63, 3.8) is 0 Å². The molecule has 0 aromatic rings. The highest BCUT2D eigenvalue weighted by Gasteiger charge is 1.94. The van der Waals surface area contributed by atoms with Crippen LogP contribution in [0.5, 0.6) is 0 Å². The molecule has 0 saturated carbocycles. The van der Waals surface area contributed by atoms with Gasteiger partial charge in [0.25, 0.3) is 0 Å². The van der Waals surface area contributed by atoms with Gasteiger partial charge in [-0.1, -0.05) is 110 Å². The summed E-state index contributed by atoms with van der Waals surface area (Å²) < 4.78 is 0. The first kappa shape index (κ1) is 23.2. The van der Waals surface area contributed by atoms with Crippen molar-refractivity contribution in [3.8, 4) is 0 Å². The van der Waals surface area contributed by atoms with Gasteiger partial charge in [-0.15, -0.1) is 0 Å². The van der Waals surface area contributed by atoms with Gasteiger partial charge < -0.3 is 5.73 Å². The first-order valence-corrected chi connectivity index (χ1v) is 9.62. The lowest BCUT2D eigenvalue weighted by Crippen LogP contribution is -1.97. The standard InChI is InChI=1S/C19H41N.FH/c1-2-3-4-5-6-7-8-9-10-11-12-13-14-15-16-17-18-19-20;/h2-20H2,1H3;1H. The predicted octanol–water partition coefficient (Wildman–Crippen LogP) is 6.75. The lowest BCUT2D eigenvalue weighted by Gasteiger charge is -2.03. The Morgan fingerprint density at radius 2 is 0.667 bits per heavy atom. The zero-order chi connectivity index (χ0) is 14.7. The first-order chi connectivity index (χ1) is 9.91. The molecule has 0 aromatic heterocycles. The van der Waals surface area contributed by atoms with E-state index in [1.165, 1.54) is 109 Å². The summed E-state index contributed by atoms with van der Waals surface area (Å²) >= 11 is 0. The van der Waals surface area contributed by atoms with Crippen LogP contribution in [0, 0.1) is 0 Å². The number of hydrogen-bond acceptors (Lipinski definition) is 1. The van der Waals surface area contributed by atoms with Crippen molar-refractivity contribution in [2.24, 2.45) is 5.73 Å². The first-order valence-electron chi connectivity index (χ1n) is 9.62. The molecule has 0 aliphatic heterocycles. The lowest BCUT2D eigenvalue weighted by atomic mass is 10.0. The second kappa shape index (κ2) is 22.2. The van der Waals surface area contributed by atoms with E-state index in [4.69, 9.17) is 5.73 Å². The largest absolute Gasteiger partial charge is 0.330 e. The van der Waals surface area contributed by atoms with Gasteiger partial charge in [-0.3, -0.25) is 4.70 Å². The van der Waals surface area contributed by atoms with Crippen LogP contribution in [-0.4, -0.2) is 6.54 Å². The van der Waals surface area contributed by atoms with Crippen molar-refractivity contribution in [1.29, 1.82) is 0 Å². The van der Waals surface area contributed by atoms with Crippen molar-refractivity contribution in [3.05, 3.63) is 0 Å². The molecule has 0 saturated heterocycles. The molecule has 0 aromatic carbocycles. The molecule has 0 aliphatic rings. The Morgan fingerprint density at radius 3 is 0.905 bits per heavy atom. The van der Waals surface area contributed by atoms with Crippen molar-refractivity contribution < 1.29 is 4.70 Å². The van der Waals surface area contributed by atoms with Gasteiger partial charge in [0.15, 0.2) is 0 Å². The summed E-state index contributed by atoms with van der Waals surface area (Å²) in [6, 6.07) is 0. The van der Waals surface area contributed by atoms with Gasteiger partial charge in [0.05, 0.1) is 0 Å². The monoisotopic (exact) mass is 303 g/mol. The van der Waals surface area contributed by atoms with Crippen LogP contribution in [0.25, 0.3) is 0 Å². The minimum Gasteiger partial charge on any atom is -0.330 e. The van der Waals surface area contributed by atoms with E-state index in [9.17, 15) is 0 Å². The van der Waals surface area contributed by atoms with Gasteiger partial charge in [-0.25, -0.2) is 0 Å². The minimum absolute atomic E-state index is 0. The Morgan fingerprint density at radius 1 is 0.429 bits per heavy atom. The molecule has 0 aliphatic carbocycles. The van der Waals surface area contributed by atoms with Crippen LogP contribution in [-0.2, 0) is 0 Å². The Hall–Kier alpha value is -0.110. The van der Waals surface area contributed by atoms with Crippen LogP contribution in [0.1, 0.15) is 116 Å². The van der Waals surface area contributed by atoms with Crippen LogP contribution < -0.4 is 5.73 Å². The summed E-state index contributed by atoms with van der Waals surface area (Å²) in [5.41, 5.74) is 5.49. The van der Waals surface area contributed by atoms with Crippen LogP contribution >= 0.6 is 0 Å². The molecule has 0 spiro atoms. The highest BCUT2D eigenvalue weighted by molar-refractivity contribution is 4.50. The fraction of sp³-hybridized carbons (Fsp3) is 1.00. The molecular formula is C19H42FN. The summed E-state index contributed by atoms with van der Waals surface area (Å²) in [5.74, 6) is 0. The van der Waals surface area contributed by atoms with Gasteiger partial charge in [0.2, 0.25) is 0 Å². The number of rotatable bonds is 17. The predicted molar refractivity (Wildman–Crippen MR) is 95.7 cm³/mol. The van der Waals surface area contributed by atoms with E-state index in [1.54, 1.807) is 0 Å². The van der Waals surface area contributed by atoms with Gasteiger partial charge >= 0.3 is 0 Å². The van der Waals surface area contributed by atoms with E-state index in [0.29, 0.717) is 0 Å². The van der Waals surface area contributed by atoms with Crippen LogP contribution in [0.3, 0.4) is 0 Å². The van der Waals surface area contributed by atoms with E-state index in [1.807, 2.05) is 0 Å². The molecule has 0 fully saturated rings. The maximum Gasteiger partial charge on any atom is -0.00773 e. The second-order valence-electron chi connectivity index (χ2n) is 6.45. The molecular weight excluding hydrogens is 261 g/mol. The normalized spacial score (nSPS) is 10.6. The summed E-state index contributed by atoms with van der Waals surface area (Å²) in [7, 11) is 0. The van der Waals surface area contributed by atoms with Crippen LogP contribution in [0.2, 0.25) is 0 Å². The Balaban J connectivity index is 0. The topological polar surface area (TPSA) is 26.0 Å². The van der Waals surface area contributed by atoms with E-state index in [2.05, 4.69) is 6.92 Å². The van der Waals surface area contributed by atoms with E-state index < -0.39 is 0 Å². The summed E-state index contributed by atoms with van der Waals surface area (Å²) in [6.07, 6.45) is 24.3. The molecule has 0 unspecified atom stereocenters. The van der Waals surface area contributed by atoms with Crippen LogP contribution in [0.4, 0.5) is 4.70 Å². The third-order valence-corrected chi connectivity index (χ3v) is 4.31. The second-order valence-corrected chi connectivity index (χ2v) is 6.45. The molecule has 2 N–H and O–H groups in total.